The number of alkyl halides is 1. The van der Waals surface area contributed by atoms with Gasteiger partial charge in [0.15, 0.2) is 19.7 Å². The number of rotatable bonds is 22. The third kappa shape index (κ3) is 29.4. The molecule has 80 heavy (non-hydrogen) atoms. The van der Waals surface area contributed by atoms with E-state index in [4.69, 9.17) is 66.3 Å². The van der Waals surface area contributed by atoms with E-state index in [9.17, 15) is 16.8 Å². The number of carbonyl (C=O) groups is 1. The van der Waals surface area contributed by atoms with Crippen LogP contribution in [0.25, 0.3) is 21.5 Å². The van der Waals surface area contributed by atoms with Gasteiger partial charge in [-0.15, -0.1) is 11.6 Å². The van der Waals surface area contributed by atoms with E-state index in [1.807, 2.05) is 81.4 Å². The summed E-state index contributed by atoms with van der Waals surface area (Å²) in [5.41, 5.74) is 4.53. The Morgan fingerprint density at radius 2 is 0.912 bits per heavy atom. The number of ether oxygens (including phenoxy) is 4. The maximum Gasteiger partial charge on any atom is 1.00 e. The van der Waals surface area contributed by atoms with Crippen LogP contribution >= 0.6 is 37.3 Å². The van der Waals surface area contributed by atoms with E-state index >= 15 is 0 Å². The first kappa shape index (κ1) is 83.3. The van der Waals surface area contributed by atoms with Crippen LogP contribution in [0.3, 0.4) is 0 Å². The maximum atomic E-state index is 12.8. The second-order valence-electron chi connectivity index (χ2n) is 15.8. The van der Waals surface area contributed by atoms with Gasteiger partial charge in [-0.2, -0.15) is 0 Å². The van der Waals surface area contributed by atoms with Crippen LogP contribution in [-0.4, -0.2) is 85.0 Å². The van der Waals surface area contributed by atoms with Crippen LogP contribution < -0.4 is 83.3 Å². The fourth-order valence-electron chi connectivity index (χ4n) is 7.03. The summed E-state index contributed by atoms with van der Waals surface area (Å²) in [5, 5.41) is 12.5. The standard InChI is InChI=1S/C28H30O4S.C17H18O2.C11H13ClO2S.CH2O3.3CH4.3ClH.In.2Na.H/c1-5-18-31-27-22(4)24(28(32-19-6-2)26-15-11-10-14-25(26)27)17-16-21(3)20-33(29,30)23-12-8-7-9-13-23;1-4-10-18-16-12-13(3)17(19-11-5-2)15-9-7-6-8-14(15)16;1-10(7-8-12)9-15(13,14)11-5-3-2-4-6-11;2-1-4-3;;;;;;;;;;/h5-16H,1-2,17-20H2,3-4H3;4-9,12H,1-2,10-11H2,3H3;2-7H,8-9H2,1H3;1,3H;3*1H4;3*1H;;;;/q;;;;;;;;;;+3;2*+1;-1/p-4/b21-16+;;10-7+;;;;;;;;;;;. The van der Waals surface area contributed by atoms with Crippen molar-refractivity contribution in [1.29, 1.82) is 0 Å². The van der Waals surface area contributed by atoms with Crippen molar-refractivity contribution >= 4 is 103 Å². The van der Waals surface area contributed by atoms with E-state index in [1.165, 1.54) is 0 Å². The quantitative estimate of drug-likeness (QED) is 0.0160. The molecule has 20 heteroatoms. The molecule has 0 amide bonds. The average Bonchev–Trinajstić information content (AvgIpc) is 3.39. The molecule has 0 unspecified atom stereocenters. The van der Waals surface area contributed by atoms with E-state index in [-0.39, 0.29) is 101 Å². The number of aryl methyl sites for hydroxylation is 1. The summed E-state index contributed by atoms with van der Waals surface area (Å²) in [6.07, 6.45) is 11.1. The Balaban J connectivity index is -0.000000344. The Morgan fingerprint density at radius 1 is 0.575 bits per heavy atom. The van der Waals surface area contributed by atoms with Crippen molar-refractivity contribution < 1.29 is 111 Å². The largest absolute Gasteiger partial charge is 1.00 e. The van der Waals surface area contributed by atoms with Crippen molar-refractivity contribution in [3.05, 3.63) is 206 Å². The Kier molecular flexibility index (Phi) is 48.2. The van der Waals surface area contributed by atoms with E-state index in [0.717, 1.165) is 72.4 Å². The van der Waals surface area contributed by atoms with Gasteiger partial charge in [-0.3, -0.25) is 4.79 Å². The van der Waals surface area contributed by atoms with Gasteiger partial charge in [0.2, 0.25) is 0 Å². The number of halogens is 4. The molecule has 0 saturated carbocycles. The van der Waals surface area contributed by atoms with Crippen molar-refractivity contribution in [3.8, 4) is 23.0 Å². The van der Waals surface area contributed by atoms with Gasteiger partial charge < -0.3 is 30.5 Å². The monoisotopic (exact) mass is 1340 g/mol. The number of hydrogen-bond donors (Lipinski definition) is 0. The number of benzene rings is 6. The van der Waals surface area contributed by atoms with E-state index in [1.54, 1.807) is 98.0 Å². The van der Waals surface area contributed by atoms with Crippen LogP contribution in [0.4, 0.5) is 0 Å². The topological polar surface area (TPSA) is 155 Å². The molecule has 0 aliphatic carbocycles. The van der Waals surface area contributed by atoms with Gasteiger partial charge in [-0.25, -0.2) is 16.8 Å². The zero-order valence-corrected chi connectivity index (χ0v) is 56.3. The molecule has 6 aromatic carbocycles. The first-order valence-electron chi connectivity index (χ1n) is 23.0. The fraction of sp³-hybridized carbons (Fsp3) is 0.250. The second-order valence-corrected chi connectivity index (χ2v) is 34.8. The first-order chi connectivity index (χ1) is 35.9. The minimum Gasteiger partial charge on any atom is -1.00 e. The minimum atomic E-state index is -3.40. The van der Waals surface area contributed by atoms with Crippen LogP contribution in [0.2, 0.25) is 0 Å². The number of carbonyl (C=O) groups excluding carboxylic acids is 1. The van der Waals surface area contributed by atoms with Gasteiger partial charge in [-0.1, -0.05) is 181 Å². The molecule has 0 atom stereocenters. The van der Waals surface area contributed by atoms with E-state index in [2.05, 4.69) is 31.2 Å². The Hall–Kier alpha value is -3.16. The predicted octanol–water partition coefficient (Wildman–Crippen LogP) is 9.31. The number of fused-ring (bicyclic) bond motifs is 2. The molecule has 0 fully saturated rings. The molecule has 0 saturated heterocycles. The SMILES string of the molecule is C.C.C.C/C(=C\CCl)CS(=O)(=O)c1ccccc1.C=CCOc1c(C)c(C/C=C(\C)CS(=O)(=O)c2ccccc2)c(OCC=C)c2ccccc12.C=CCOc1cc(C)c(OCC=C)c2ccccc12.O=CO[O-].[Cl][In]([Cl])[Cl].[H-].[Na+].[Na+]. The van der Waals surface area contributed by atoms with Gasteiger partial charge in [-0.05, 0) is 75.6 Å². The molecule has 6 aromatic rings. The molecular formula is C60H75Cl4InNa2O11S2. The van der Waals surface area contributed by atoms with E-state index in [0.29, 0.717) is 48.5 Å². The fourth-order valence-corrected chi connectivity index (χ4v) is 10.2. The van der Waals surface area contributed by atoms with Crippen LogP contribution in [0.15, 0.2) is 199 Å². The zero-order chi connectivity index (χ0) is 55.8. The molecule has 0 aliphatic rings. The molecule has 0 aromatic heterocycles. The minimum absolute atomic E-state index is 0. The normalized spacial score (nSPS) is 10.3. The smallest absolute Gasteiger partial charge is 1.00 e. The summed E-state index contributed by atoms with van der Waals surface area (Å²) < 4.78 is 72.8. The first-order valence-corrected chi connectivity index (χ1v) is 39.3. The molecule has 426 valence electrons. The van der Waals surface area contributed by atoms with Crippen LogP contribution in [0, 0.1) is 13.8 Å². The Bertz CT molecular complexity index is 3080. The molecule has 0 heterocycles. The summed E-state index contributed by atoms with van der Waals surface area (Å²) in [7, 11) is 8.44. The number of allylic oxidation sites excluding steroid dienone is 2. The van der Waals surface area contributed by atoms with Crippen LogP contribution in [0.5, 0.6) is 23.0 Å². The molecule has 0 bridgehead atoms. The molecule has 6 rings (SSSR count). The third-order valence-corrected chi connectivity index (χ3v) is 14.0. The number of hydrogen-bond acceptors (Lipinski definition) is 11. The zero-order valence-electron chi connectivity index (χ0n) is 45.4. The average molecular weight is 1340 g/mol. The molecule has 11 nitrogen and oxygen atoms in total. The van der Waals surface area contributed by atoms with Crippen molar-refractivity contribution in [1.82, 2.24) is 0 Å². The summed E-state index contributed by atoms with van der Waals surface area (Å²) in [5.74, 6) is 3.64. The van der Waals surface area contributed by atoms with Gasteiger partial charge in [0, 0.05) is 33.0 Å². The van der Waals surface area contributed by atoms with Gasteiger partial charge in [0.05, 0.1) is 21.3 Å². The van der Waals surface area contributed by atoms with Crippen molar-refractivity contribution in [2.24, 2.45) is 0 Å². The van der Waals surface area contributed by atoms with Crippen molar-refractivity contribution in [2.75, 3.05) is 43.8 Å². The second kappa shape index (κ2) is 46.2. The summed E-state index contributed by atoms with van der Waals surface area (Å²) >= 11 is 3.28. The maximum absolute atomic E-state index is 12.8. The molecule has 0 spiro atoms. The summed E-state index contributed by atoms with van der Waals surface area (Å²) in [6.45, 7) is 24.1. The molecule has 0 aliphatic heterocycles. The Morgan fingerprint density at radius 3 is 1.31 bits per heavy atom. The summed E-state index contributed by atoms with van der Waals surface area (Å²) in [6, 6.07) is 35.0. The Labute approximate surface area is 546 Å². The van der Waals surface area contributed by atoms with Crippen LogP contribution in [-0.2, 0) is 35.8 Å². The number of sulfone groups is 2. The van der Waals surface area contributed by atoms with E-state index < -0.39 is 37.6 Å². The summed E-state index contributed by atoms with van der Waals surface area (Å²) in [4.78, 5) is 11.9. The van der Waals surface area contributed by atoms with Gasteiger partial charge in [0.1, 0.15) is 49.4 Å². The van der Waals surface area contributed by atoms with Crippen molar-refractivity contribution in [2.45, 2.75) is 66.2 Å². The van der Waals surface area contributed by atoms with Gasteiger partial charge in [0.25, 0.3) is 6.47 Å². The van der Waals surface area contributed by atoms with Crippen molar-refractivity contribution in [3.63, 3.8) is 0 Å². The molecule has 0 radical (unpaired) electrons. The van der Waals surface area contributed by atoms with Gasteiger partial charge >= 0.3 is 103 Å². The predicted molar refractivity (Wildman–Crippen MR) is 331 cm³/mol. The molecule has 0 N–H and O–H groups in total. The molecular weight excluding hydrogens is 1260 g/mol. The third-order valence-electron chi connectivity index (χ3n) is 10.2. The van der Waals surface area contributed by atoms with Crippen LogP contribution in [0.1, 0.15) is 54.2 Å².